The minimum atomic E-state index is -0.248. The summed E-state index contributed by atoms with van der Waals surface area (Å²) in [4.78, 5) is 11.5. The van der Waals surface area contributed by atoms with E-state index in [1.54, 1.807) is 6.92 Å². The van der Waals surface area contributed by atoms with Gasteiger partial charge < -0.3 is 4.74 Å². The van der Waals surface area contributed by atoms with E-state index in [1.807, 2.05) is 0 Å². The zero-order chi connectivity index (χ0) is 15.6. The van der Waals surface area contributed by atoms with Crippen LogP contribution in [0.2, 0.25) is 0 Å². The van der Waals surface area contributed by atoms with Crippen LogP contribution in [-0.2, 0) is 9.53 Å². The second-order valence-electron chi connectivity index (χ2n) is 7.08. The maximum atomic E-state index is 11.5. The van der Waals surface area contributed by atoms with Crippen LogP contribution in [0.1, 0.15) is 86.0 Å². The van der Waals surface area contributed by atoms with E-state index in [-0.39, 0.29) is 12.1 Å². The van der Waals surface area contributed by atoms with E-state index in [2.05, 4.69) is 34.3 Å². The molecule has 0 N–H and O–H groups in total. The lowest BCUT2D eigenvalue weighted by atomic mass is 9.89. The summed E-state index contributed by atoms with van der Waals surface area (Å²) in [7, 11) is 0. The van der Waals surface area contributed by atoms with Gasteiger partial charge in [0.25, 0.3) is 0 Å². The van der Waals surface area contributed by atoms with Crippen molar-refractivity contribution in [1.82, 2.24) is 0 Å². The van der Waals surface area contributed by atoms with Crippen LogP contribution in [0.25, 0.3) is 0 Å². The molecule has 0 saturated carbocycles. The molecule has 1 unspecified atom stereocenters. The number of carbonyl (C=O) groups excluding carboxylic acids is 1. The zero-order valence-electron chi connectivity index (χ0n) is 14.3. The molecule has 0 aliphatic carbocycles. The van der Waals surface area contributed by atoms with Crippen molar-refractivity contribution in [2.75, 3.05) is 0 Å². The minimum Gasteiger partial charge on any atom is -0.459 e. The van der Waals surface area contributed by atoms with E-state index in [1.165, 1.54) is 32.1 Å². The quantitative estimate of drug-likeness (QED) is 0.293. The molecule has 2 nitrogen and oxygen atoms in total. The number of esters is 1. The van der Waals surface area contributed by atoms with E-state index in [0.29, 0.717) is 11.0 Å². The Bertz CT molecular complexity index is 286. The first-order valence-electron chi connectivity index (χ1n) is 8.12. The Hall–Kier alpha value is -0.790. The van der Waals surface area contributed by atoms with Crippen LogP contribution >= 0.6 is 0 Å². The summed E-state index contributed by atoms with van der Waals surface area (Å²) >= 11 is 0. The first-order valence-corrected chi connectivity index (χ1v) is 8.12. The molecule has 0 heterocycles. The maximum Gasteiger partial charge on any atom is 0.333 e. The number of rotatable bonds is 10. The summed E-state index contributed by atoms with van der Waals surface area (Å²) in [6.45, 7) is 14.3. The minimum absolute atomic E-state index is 0.0637. The van der Waals surface area contributed by atoms with Gasteiger partial charge in [0.2, 0.25) is 0 Å². The Morgan fingerprint density at radius 2 is 1.65 bits per heavy atom. The Morgan fingerprint density at radius 3 is 2.15 bits per heavy atom. The number of carbonyl (C=O) groups is 1. The molecule has 0 aromatic rings. The van der Waals surface area contributed by atoms with Crippen molar-refractivity contribution in [3.63, 3.8) is 0 Å². The molecule has 0 radical (unpaired) electrons. The molecule has 0 aliphatic rings. The molecule has 0 fully saturated rings. The van der Waals surface area contributed by atoms with E-state index >= 15 is 0 Å². The van der Waals surface area contributed by atoms with Gasteiger partial charge in [-0.2, -0.15) is 0 Å². The van der Waals surface area contributed by atoms with Crippen LogP contribution in [0.15, 0.2) is 12.2 Å². The lowest BCUT2D eigenvalue weighted by Gasteiger charge is -2.18. The summed E-state index contributed by atoms with van der Waals surface area (Å²) in [5, 5.41) is 0. The molecule has 0 aromatic carbocycles. The van der Waals surface area contributed by atoms with Gasteiger partial charge in [0.1, 0.15) is 6.10 Å². The first kappa shape index (κ1) is 19.2. The smallest absolute Gasteiger partial charge is 0.333 e. The molecule has 20 heavy (non-hydrogen) atoms. The number of ether oxygens (including phenoxy) is 1. The lowest BCUT2D eigenvalue weighted by molar-refractivity contribution is -0.144. The molecule has 0 spiro atoms. The average molecular weight is 282 g/mol. The van der Waals surface area contributed by atoms with Crippen LogP contribution in [0, 0.1) is 5.41 Å². The Balaban J connectivity index is 3.61. The molecule has 0 rings (SSSR count). The summed E-state index contributed by atoms with van der Waals surface area (Å²) in [5.74, 6) is -0.248. The van der Waals surface area contributed by atoms with Crippen LogP contribution in [-0.4, -0.2) is 12.1 Å². The van der Waals surface area contributed by atoms with Crippen molar-refractivity contribution in [2.45, 2.75) is 92.1 Å². The fraction of sp³-hybridized carbons (Fsp3) is 0.833. The van der Waals surface area contributed by atoms with Gasteiger partial charge >= 0.3 is 5.97 Å². The molecule has 0 amide bonds. The molecule has 118 valence electrons. The van der Waals surface area contributed by atoms with Gasteiger partial charge in [-0.1, -0.05) is 60.0 Å². The summed E-state index contributed by atoms with van der Waals surface area (Å²) in [6.07, 6.45) is 9.57. The highest BCUT2D eigenvalue weighted by Gasteiger charge is 2.12. The van der Waals surface area contributed by atoms with Crippen molar-refractivity contribution < 1.29 is 9.53 Å². The largest absolute Gasteiger partial charge is 0.459 e. The molecule has 1 atom stereocenters. The lowest BCUT2D eigenvalue weighted by Crippen LogP contribution is -2.17. The highest BCUT2D eigenvalue weighted by Crippen LogP contribution is 2.22. The molecule has 0 aliphatic heterocycles. The Kier molecular flexibility index (Phi) is 9.62. The van der Waals surface area contributed by atoms with Crippen molar-refractivity contribution >= 4 is 5.97 Å². The highest BCUT2D eigenvalue weighted by atomic mass is 16.5. The predicted octanol–water partition coefficient (Wildman–Crippen LogP) is 5.66. The second-order valence-corrected chi connectivity index (χ2v) is 7.08. The van der Waals surface area contributed by atoms with E-state index in [0.717, 1.165) is 19.3 Å². The van der Waals surface area contributed by atoms with Crippen molar-refractivity contribution in [2.24, 2.45) is 5.41 Å². The Labute approximate surface area is 126 Å². The normalized spacial score (nSPS) is 13.1. The van der Waals surface area contributed by atoms with Crippen molar-refractivity contribution in [3.05, 3.63) is 12.2 Å². The number of hydrogen-bond donors (Lipinski definition) is 0. The second kappa shape index (κ2) is 10.0. The SMILES string of the molecule is C=C(C)C(=O)OC(CC)CCCCCCCC(C)(C)C. The number of hydrogen-bond acceptors (Lipinski definition) is 2. The van der Waals surface area contributed by atoms with Gasteiger partial charge in [-0.15, -0.1) is 0 Å². The van der Waals surface area contributed by atoms with Gasteiger partial charge in [0.05, 0.1) is 0 Å². The van der Waals surface area contributed by atoms with Crippen molar-refractivity contribution in [1.29, 1.82) is 0 Å². The monoisotopic (exact) mass is 282 g/mol. The summed E-state index contributed by atoms with van der Waals surface area (Å²) < 4.78 is 5.40. The molecule has 0 aromatic heterocycles. The Morgan fingerprint density at radius 1 is 1.10 bits per heavy atom. The fourth-order valence-corrected chi connectivity index (χ4v) is 2.16. The number of unbranched alkanes of at least 4 members (excludes halogenated alkanes) is 4. The van der Waals surface area contributed by atoms with Crippen LogP contribution in [0.4, 0.5) is 0 Å². The van der Waals surface area contributed by atoms with Crippen LogP contribution in [0.5, 0.6) is 0 Å². The molecular formula is C18H34O2. The highest BCUT2D eigenvalue weighted by molar-refractivity contribution is 5.87. The van der Waals surface area contributed by atoms with E-state index in [4.69, 9.17) is 4.74 Å². The van der Waals surface area contributed by atoms with Crippen molar-refractivity contribution in [3.8, 4) is 0 Å². The molecular weight excluding hydrogens is 248 g/mol. The third-order valence-corrected chi connectivity index (χ3v) is 3.53. The average Bonchev–Trinajstić information content (AvgIpc) is 2.34. The van der Waals surface area contributed by atoms with Gasteiger partial charge in [0, 0.05) is 5.57 Å². The van der Waals surface area contributed by atoms with Gasteiger partial charge in [0.15, 0.2) is 0 Å². The standard InChI is InChI=1S/C18H34O2/c1-7-16(20-17(19)15(2)3)13-11-9-8-10-12-14-18(4,5)6/h16H,2,7-14H2,1,3-6H3. The third kappa shape index (κ3) is 11.1. The fourth-order valence-electron chi connectivity index (χ4n) is 2.16. The molecule has 2 heteroatoms. The van der Waals surface area contributed by atoms with Crippen LogP contribution in [0.3, 0.4) is 0 Å². The summed E-state index contributed by atoms with van der Waals surface area (Å²) in [5.41, 5.74) is 0.954. The molecule has 0 saturated heterocycles. The third-order valence-electron chi connectivity index (χ3n) is 3.53. The van der Waals surface area contributed by atoms with E-state index < -0.39 is 0 Å². The molecule has 0 bridgehead atoms. The van der Waals surface area contributed by atoms with Gasteiger partial charge in [-0.05, 0) is 38.0 Å². The first-order chi connectivity index (χ1) is 9.26. The maximum absolute atomic E-state index is 11.5. The van der Waals surface area contributed by atoms with Gasteiger partial charge in [-0.3, -0.25) is 0 Å². The predicted molar refractivity (Wildman–Crippen MR) is 86.8 cm³/mol. The summed E-state index contributed by atoms with van der Waals surface area (Å²) in [6, 6.07) is 0. The topological polar surface area (TPSA) is 26.3 Å². The van der Waals surface area contributed by atoms with Crippen LogP contribution < -0.4 is 0 Å². The van der Waals surface area contributed by atoms with E-state index in [9.17, 15) is 4.79 Å². The van der Waals surface area contributed by atoms with Gasteiger partial charge in [-0.25, -0.2) is 4.79 Å². The zero-order valence-corrected chi connectivity index (χ0v) is 14.3.